The summed E-state index contributed by atoms with van der Waals surface area (Å²) in [5.41, 5.74) is 1.58. The second-order valence-corrected chi connectivity index (χ2v) is 8.95. The molecule has 2 nitrogen and oxygen atoms in total. The zero-order valence-corrected chi connectivity index (χ0v) is 14.2. The lowest BCUT2D eigenvalue weighted by Gasteiger charge is -2.59. The third-order valence-corrected chi connectivity index (χ3v) is 7.92. The molecule has 0 amide bonds. The van der Waals surface area contributed by atoms with Gasteiger partial charge in [0.2, 0.25) is 0 Å². The van der Waals surface area contributed by atoms with Gasteiger partial charge in [-0.25, -0.2) is 0 Å². The Morgan fingerprint density at radius 1 is 1.05 bits per heavy atom. The predicted molar refractivity (Wildman–Crippen MR) is 86.3 cm³/mol. The first-order valence-corrected chi connectivity index (χ1v) is 9.13. The molecule has 3 fully saturated rings. The lowest BCUT2D eigenvalue weighted by Crippen LogP contribution is -2.54. The maximum absolute atomic E-state index is 12.5. The van der Waals surface area contributed by atoms with Crippen LogP contribution >= 0.6 is 0 Å². The molecule has 4 rings (SSSR count). The van der Waals surface area contributed by atoms with Gasteiger partial charge in [-0.15, -0.1) is 0 Å². The number of carbonyl (C=O) groups excluding carboxylic acids is 2. The number of hydrogen-bond acceptors (Lipinski definition) is 2. The molecule has 0 aromatic heterocycles. The van der Waals surface area contributed by atoms with E-state index >= 15 is 0 Å². The summed E-state index contributed by atoms with van der Waals surface area (Å²) in [5.74, 6) is 3.40. The third-order valence-electron chi connectivity index (χ3n) is 7.92. The van der Waals surface area contributed by atoms with Crippen molar-refractivity contribution in [3.63, 3.8) is 0 Å². The first-order chi connectivity index (χ1) is 10.4. The maximum atomic E-state index is 12.5. The van der Waals surface area contributed by atoms with Crippen LogP contribution in [0.25, 0.3) is 0 Å². The molecular weight excluding hydrogens is 272 g/mol. The standard InChI is InChI=1S/C20H28O2/c1-12-11-20(3)16(6-7-17(20)22)15-5-4-13-10-14(21)8-9-19(13,2)18(12)15/h10,12,15-16,18H,4-9,11H2,1-3H3/t12-,15?,16?,18?,19?,20?/m0/s1. The van der Waals surface area contributed by atoms with E-state index in [1.165, 1.54) is 12.0 Å². The Bertz CT molecular complexity index is 574. The van der Waals surface area contributed by atoms with E-state index in [1.54, 1.807) is 0 Å². The average molecular weight is 300 g/mol. The van der Waals surface area contributed by atoms with Crippen molar-refractivity contribution in [3.05, 3.63) is 11.6 Å². The molecule has 3 saturated carbocycles. The Kier molecular flexibility index (Phi) is 3.03. The van der Waals surface area contributed by atoms with Crippen molar-refractivity contribution < 1.29 is 9.59 Å². The Balaban J connectivity index is 1.75. The van der Waals surface area contributed by atoms with Gasteiger partial charge in [0.05, 0.1) is 0 Å². The molecule has 0 saturated heterocycles. The van der Waals surface area contributed by atoms with Crippen molar-refractivity contribution in [2.75, 3.05) is 0 Å². The smallest absolute Gasteiger partial charge is 0.155 e. The van der Waals surface area contributed by atoms with E-state index in [4.69, 9.17) is 0 Å². The molecule has 0 N–H and O–H groups in total. The van der Waals surface area contributed by atoms with E-state index in [-0.39, 0.29) is 10.8 Å². The van der Waals surface area contributed by atoms with Crippen molar-refractivity contribution in [2.24, 2.45) is 34.5 Å². The van der Waals surface area contributed by atoms with Crippen LogP contribution < -0.4 is 0 Å². The Morgan fingerprint density at radius 2 is 1.82 bits per heavy atom. The van der Waals surface area contributed by atoms with Crippen molar-refractivity contribution in [1.29, 1.82) is 0 Å². The van der Waals surface area contributed by atoms with Crippen LogP contribution in [0, 0.1) is 34.5 Å². The summed E-state index contributed by atoms with van der Waals surface area (Å²) in [6.07, 6.45) is 8.96. The Morgan fingerprint density at radius 3 is 2.59 bits per heavy atom. The highest BCUT2D eigenvalue weighted by Crippen LogP contribution is 2.65. The van der Waals surface area contributed by atoms with Gasteiger partial charge in [-0.3, -0.25) is 9.59 Å². The van der Waals surface area contributed by atoms with Gasteiger partial charge in [0, 0.05) is 18.3 Å². The minimum absolute atomic E-state index is 0.0529. The lowest BCUT2D eigenvalue weighted by molar-refractivity contribution is -0.136. The Hall–Kier alpha value is -0.920. The highest BCUT2D eigenvalue weighted by atomic mass is 16.1. The number of carbonyl (C=O) groups is 2. The highest BCUT2D eigenvalue weighted by molar-refractivity contribution is 5.91. The number of Topliss-reactive ketones (excluding diaryl/α,β-unsaturated/α-hetero) is 1. The monoisotopic (exact) mass is 300 g/mol. The SMILES string of the molecule is C[C@H]1CC2(C)C(=O)CCC2C2CCC3=CC(=O)CCC3(C)C21. The van der Waals surface area contributed by atoms with Crippen LogP contribution in [-0.2, 0) is 9.59 Å². The van der Waals surface area contributed by atoms with Gasteiger partial charge in [0.1, 0.15) is 5.78 Å². The van der Waals surface area contributed by atoms with Crippen molar-refractivity contribution in [1.82, 2.24) is 0 Å². The van der Waals surface area contributed by atoms with Crippen molar-refractivity contribution in [2.45, 2.75) is 65.7 Å². The molecule has 4 aliphatic carbocycles. The summed E-state index contributed by atoms with van der Waals surface area (Å²) in [4.78, 5) is 24.4. The molecule has 22 heavy (non-hydrogen) atoms. The van der Waals surface area contributed by atoms with Crippen LogP contribution in [0.15, 0.2) is 11.6 Å². The molecule has 0 bridgehead atoms. The van der Waals surface area contributed by atoms with Gasteiger partial charge in [0.25, 0.3) is 0 Å². The largest absolute Gasteiger partial charge is 0.299 e. The summed E-state index contributed by atoms with van der Waals surface area (Å²) in [6.45, 7) is 7.03. The molecule has 6 atom stereocenters. The zero-order chi connectivity index (χ0) is 15.7. The van der Waals surface area contributed by atoms with Crippen LogP contribution in [-0.4, -0.2) is 11.6 Å². The van der Waals surface area contributed by atoms with Gasteiger partial charge >= 0.3 is 0 Å². The topological polar surface area (TPSA) is 34.1 Å². The molecule has 120 valence electrons. The zero-order valence-electron chi connectivity index (χ0n) is 14.2. The van der Waals surface area contributed by atoms with Crippen LogP contribution in [0.1, 0.15) is 65.7 Å². The summed E-state index contributed by atoms with van der Waals surface area (Å²) < 4.78 is 0. The fraction of sp³-hybridized carbons (Fsp3) is 0.800. The summed E-state index contributed by atoms with van der Waals surface area (Å²) in [6, 6.07) is 0. The molecule has 0 heterocycles. The normalized spacial score (nSPS) is 51.0. The van der Waals surface area contributed by atoms with Crippen LogP contribution in [0.2, 0.25) is 0 Å². The summed E-state index contributed by atoms with van der Waals surface area (Å²) in [7, 11) is 0. The van der Waals surface area contributed by atoms with E-state index in [0.29, 0.717) is 35.2 Å². The highest BCUT2D eigenvalue weighted by Gasteiger charge is 2.61. The molecule has 2 heteroatoms. The van der Waals surface area contributed by atoms with Gasteiger partial charge in [-0.2, -0.15) is 0 Å². The number of rotatable bonds is 0. The molecule has 0 aliphatic heterocycles. The maximum Gasteiger partial charge on any atom is 0.155 e. The average Bonchev–Trinajstić information content (AvgIpc) is 2.75. The van der Waals surface area contributed by atoms with Crippen LogP contribution in [0.3, 0.4) is 0 Å². The predicted octanol–water partition coefficient (Wildman–Crippen LogP) is 4.33. The van der Waals surface area contributed by atoms with Gasteiger partial charge in [0.15, 0.2) is 5.78 Å². The van der Waals surface area contributed by atoms with Gasteiger partial charge in [-0.05, 0) is 67.3 Å². The van der Waals surface area contributed by atoms with Crippen molar-refractivity contribution in [3.8, 4) is 0 Å². The molecular formula is C20H28O2. The van der Waals surface area contributed by atoms with Crippen molar-refractivity contribution >= 4 is 11.6 Å². The molecule has 4 aliphatic rings. The quantitative estimate of drug-likeness (QED) is 0.667. The molecule has 0 aromatic carbocycles. The number of allylic oxidation sites excluding steroid dienone is 1. The number of hydrogen-bond donors (Lipinski definition) is 0. The lowest BCUT2D eigenvalue weighted by atomic mass is 9.45. The van der Waals surface area contributed by atoms with Gasteiger partial charge < -0.3 is 0 Å². The fourth-order valence-corrected chi connectivity index (χ4v) is 7.03. The molecule has 5 unspecified atom stereocenters. The second kappa shape index (κ2) is 4.55. The fourth-order valence-electron chi connectivity index (χ4n) is 7.03. The number of ketones is 2. The summed E-state index contributed by atoms with van der Waals surface area (Å²) >= 11 is 0. The third kappa shape index (κ3) is 1.73. The summed E-state index contributed by atoms with van der Waals surface area (Å²) in [5, 5.41) is 0. The van der Waals surface area contributed by atoms with Crippen LogP contribution in [0.4, 0.5) is 0 Å². The first-order valence-electron chi connectivity index (χ1n) is 9.13. The first kappa shape index (κ1) is 14.7. The minimum atomic E-state index is -0.0529. The Labute approximate surface area is 133 Å². The van der Waals surface area contributed by atoms with E-state index in [2.05, 4.69) is 20.8 Å². The number of fused-ring (bicyclic) bond motifs is 5. The van der Waals surface area contributed by atoms with E-state index < -0.39 is 0 Å². The second-order valence-electron chi connectivity index (χ2n) is 8.95. The molecule has 0 spiro atoms. The van der Waals surface area contributed by atoms with Gasteiger partial charge in [-0.1, -0.05) is 26.3 Å². The van der Waals surface area contributed by atoms with E-state index in [1.807, 2.05) is 6.08 Å². The van der Waals surface area contributed by atoms with Crippen LogP contribution in [0.5, 0.6) is 0 Å². The minimum Gasteiger partial charge on any atom is -0.299 e. The molecule has 0 aromatic rings. The van der Waals surface area contributed by atoms with E-state index in [9.17, 15) is 9.59 Å². The van der Waals surface area contributed by atoms with E-state index in [0.717, 1.165) is 38.5 Å². The molecule has 0 radical (unpaired) electrons.